The lowest BCUT2D eigenvalue weighted by Crippen LogP contribution is -2.32. The monoisotopic (exact) mass is 529 g/mol. The van der Waals surface area contributed by atoms with Gasteiger partial charge in [-0.15, -0.1) is 11.3 Å². The molecule has 0 fully saturated rings. The quantitative estimate of drug-likeness (QED) is 0.377. The minimum absolute atomic E-state index is 0.146. The van der Waals surface area contributed by atoms with E-state index in [0.717, 1.165) is 35.4 Å². The molecule has 0 saturated heterocycles. The van der Waals surface area contributed by atoms with Crippen molar-refractivity contribution >= 4 is 32.4 Å². The molecule has 36 heavy (non-hydrogen) atoms. The van der Waals surface area contributed by atoms with Crippen molar-refractivity contribution in [3.63, 3.8) is 0 Å². The van der Waals surface area contributed by atoms with Crippen molar-refractivity contribution in [2.24, 2.45) is 0 Å². The number of benzene rings is 2. The van der Waals surface area contributed by atoms with E-state index in [1.807, 2.05) is 37.4 Å². The van der Waals surface area contributed by atoms with Gasteiger partial charge in [-0.05, 0) is 55.2 Å². The van der Waals surface area contributed by atoms with Gasteiger partial charge in [0.2, 0.25) is 15.9 Å². The van der Waals surface area contributed by atoms with Crippen molar-refractivity contribution in [1.82, 2.24) is 9.29 Å². The fourth-order valence-electron chi connectivity index (χ4n) is 3.93. The number of amides is 1. The molecule has 8 nitrogen and oxygen atoms in total. The number of aryl methyl sites for hydroxylation is 1. The van der Waals surface area contributed by atoms with Gasteiger partial charge in [-0.3, -0.25) is 4.79 Å². The van der Waals surface area contributed by atoms with E-state index < -0.39 is 10.0 Å². The first-order valence-electron chi connectivity index (χ1n) is 12.1. The highest BCUT2D eigenvalue weighted by Gasteiger charge is 2.23. The standard InChI is InChI=1S/C26H31N3O5S2/c1-3-13-29(14-4-2)36(31,32)21-9-5-19(6-10-21)7-12-25(30)28-26-27-22(18-35-26)20-8-11-23-24(17-20)34-16-15-33-23/h5-6,8-11,17-18H,3-4,7,12-16H2,1-2H3,(H,27,28,30). The second-order valence-corrected chi connectivity index (χ2v) is 11.3. The number of hydrogen-bond acceptors (Lipinski definition) is 7. The fourth-order valence-corrected chi connectivity index (χ4v) is 6.29. The summed E-state index contributed by atoms with van der Waals surface area (Å²) < 4.78 is 38.5. The normalized spacial score (nSPS) is 13.1. The Morgan fingerprint density at radius 1 is 1.03 bits per heavy atom. The zero-order valence-corrected chi connectivity index (χ0v) is 22.2. The van der Waals surface area contributed by atoms with Crippen LogP contribution in [-0.4, -0.2) is 49.9 Å². The number of hydrogen-bond donors (Lipinski definition) is 1. The van der Waals surface area contributed by atoms with E-state index in [1.165, 1.54) is 15.6 Å². The number of rotatable bonds is 11. The van der Waals surface area contributed by atoms with E-state index in [2.05, 4.69) is 10.3 Å². The smallest absolute Gasteiger partial charge is 0.243 e. The van der Waals surface area contributed by atoms with E-state index in [0.29, 0.717) is 43.6 Å². The van der Waals surface area contributed by atoms with Gasteiger partial charge in [0.1, 0.15) is 13.2 Å². The average molecular weight is 530 g/mol. The molecule has 0 unspecified atom stereocenters. The molecule has 0 spiro atoms. The number of sulfonamides is 1. The molecule has 4 rings (SSSR count). The number of nitrogens with one attached hydrogen (secondary N) is 1. The summed E-state index contributed by atoms with van der Waals surface area (Å²) in [7, 11) is -3.51. The summed E-state index contributed by atoms with van der Waals surface area (Å²) in [6, 6.07) is 12.5. The van der Waals surface area contributed by atoms with E-state index in [-0.39, 0.29) is 17.2 Å². The topological polar surface area (TPSA) is 97.8 Å². The third-order valence-corrected chi connectivity index (χ3v) is 8.41. The van der Waals surface area contributed by atoms with Gasteiger partial charge in [0.25, 0.3) is 0 Å². The number of aromatic nitrogens is 1. The summed E-state index contributed by atoms with van der Waals surface area (Å²) in [6.45, 7) is 6.01. The van der Waals surface area contributed by atoms with Crippen LogP contribution >= 0.6 is 11.3 Å². The van der Waals surface area contributed by atoms with E-state index in [1.54, 1.807) is 24.3 Å². The Bertz CT molecular complexity index is 1280. The van der Waals surface area contributed by atoms with Gasteiger partial charge in [0.15, 0.2) is 16.6 Å². The van der Waals surface area contributed by atoms with Gasteiger partial charge in [-0.1, -0.05) is 26.0 Å². The predicted molar refractivity (Wildman–Crippen MR) is 141 cm³/mol. The Balaban J connectivity index is 1.32. The third-order valence-electron chi connectivity index (χ3n) is 5.74. The second kappa shape index (κ2) is 11.9. The van der Waals surface area contributed by atoms with Crippen LogP contribution in [-0.2, 0) is 21.2 Å². The van der Waals surface area contributed by atoms with Crippen molar-refractivity contribution < 1.29 is 22.7 Å². The number of ether oxygens (including phenoxy) is 2. The SMILES string of the molecule is CCCN(CCC)S(=O)(=O)c1ccc(CCC(=O)Nc2nc(-c3ccc4c(c3)OCCO4)cs2)cc1. The summed E-state index contributed by atoms with van der Waals surface area (Å²) in [5.74, 6) is 1.27. The zero-order valence-electron chi connectivity index (χ0n) is 20.5. The van der Waals surface area contributed by atoms with Gasteiger partial charge >= 0.3 is 0 Å². The van der Waals surface area contributed by atoms with Crippen molar-refractivity contribution in [3.05, 3.63) is 53.4 Å². The largest absolute Gasteiger partial charge is 0.486 e. The van der Waals surface area contributed by atoms with Gasteiger partial charge in [-0.25, -0.2) is 13.4 Å². The van der Waals surface area contributed by atoms with Crippen LogP contribution in [0.15, 0.2) is 52.7 Å². The minimum atomic E-state index is -3.51. The number of fused-ring (bicyclic) bond motifs is 1. The van der Waals surface area contributed by atoms with Crippen LogP contribution in [0, 0.1) is 0 Å². The van der Waals surface area contributed by atoms with Crippen molar-refractivity contribution in [2.45, 2.75) is 44.4 Å². The molecule has 0 bridgehead atoms. The molecule has 1 aliphatic heterocycles. The van der Waals surface area contributed by atoms with E-state index in [9.17, 15) is 13.2 Å². The summed E-state index contributed by atoms with van der Waals surface area (Å²) in [6.07, 6.45) is 2.30. The van der Waals surface area contributed by atoms with Crippen LogP contribution in [0.3, 0.4) is 0 Å². The Labute approximate surface area is 216 Å². The number of nitrogens with zero attached hydrogens (tertiary/aromatic N) is 2. The summed E-state index contributed by atoms with van der Waals surface area (Å²) in [4.78, 5) is 17.3. The highest BCUT2D eigenvalue weighted by Crippen LogP contribution is 2.35. The highest BCUT2D eigenvalue weighted by molar-refractivity contribution is 7.89. The molecule has 1 amide bonds. The molecule has 0 aliphatic carbocycles. The van der Waals surface area contributed by atoms with Crippen LogP contribution in [0.4, 0.5) is 5.13 Å². The maximum Gasteiger partial charge on any atom is 0.243 e. The van der Waals surface area contributed by atoms with Gasteiger partial charge in [-0.2, -0.15) is 4.31 Å². The Hall–Kier alpha value is -2.95. The molecule has 1 aliphatic rings. The van der Waals surface area contributed by atoms with Gasteiger partial charge in [0.05, 0.1) is 10.6 Å². The van der Waals surface area contributed by atoms with E-state index >= 15 is 0 Å². The zero-order chi connectivity index (χ0) is 25.5. The molecule has 192 valence electrons. The summed E-state index contributed by atoms with van der Waals surface area (Å²) in [5.41, 5.74) is 2.55. The minimum Gasteiger partial charge on any atom is -0.486 e. The molecule has 0 saturated carbocycles. The molecule has 0 atom stereocenters. The Morgan fingerprint density at radius 2 is 1.72 bits per heavy atom. The fraction of sp³-hybridized carbons (Fsp3) is 0.385. The first-order valence-corrected chi connectivity index (χ1v) is 14.5. The lowest BCUT2D eigenvalue weighted by atomic mass is 10.1. The highest BCUT2D eigenvalue weighted by atomic mass is 32.2. The number of carbonyl (C=O) groups is 1. The number of anilines is 1. The van der Waals surface area contributed by atoms with Crippen LogP contribution in [0.2, 0.25) is 0 Å². The molecule has 2 heterocycles. The summed E-state index contributed by atoms with van der Waals surface area (Å²) >= 11 is 1.36. The van der Waals surface area contributed by atoms with Gasteiger partial charge in [0, 0.05) is 30.5 Å². The lowest BCUT2D eigenvalue weighted by molar-refractivity contribution is -0.116. The van der Waals surface area contributed by atoms with Crippen molar-refractivity contribution in [1.29, 1.82) is 0 Å². The first kappa shape index (κ1) is 26.1. The Morgan fingerprint density at radius 3 is 2.42 bits per heavy atom. The molecular formula is C26H31N3O5S2. The molecule has 1 N–H and O–H groups in total. The van der Waals surface area contributed by atoms with Gasteiger partial charge < -0.3 is 14.8 Å². The summed E-state index contributed by atoms with van der Waals surface area (Å²) in [5, 5.41) is 5.27. The third kappa shape index (κ3) is 6.24. The first-order chi connectivity index (χ1) is 17.4. The molecule has 1 aromatic heterocycles. The number of carbonyl (C=O) groups excluding carboxylic acids is 1. The molecule has 10 heteroatoms. The molecular weight excluding hydrogens is 498 g/mol. The number of thiazole rings is 1. The van der Waals surface area contributed by atoms with Crippen LogP contribution in [0.5, 0.6) is 11.5 Å². The molecule has 0 radical (unpaired) electrons. The average Bonchev–Trinajstić information content (AvgIpc) is 3.35. The van der Waals surface area contributed by atoms with E-state index in [4.69, 9.17) is 9.47 Å². The maximum absolute atomic E-state index is 12.9. The van der Waals surface area contributed by atoms with Crippen LogP contribution in [0.1, 0.15) is 38.7 Å². The van der Waals surface area contributed by atoms with Crippen LogP contribution in [0.25, 0.3) is 11.3 Å². The maximum atomic E-state index is 12.9. The van der Waals surface area contributed by atoms with Crippen molar-refractivity contribution in [2.75, 3.05) is 31.6 Å². The molecule has 3 aromatic rings. The lowest BCUT2D eigenvalue weighted by Gasteiger charge is -2.21. The predicted octanol–water partition coefficient (Wildman–Crippen LogP) is 4.96. The van der Waals surface area contributed by atoms with Crippen LogP contribution < -0.4 is 14.8 Å². The molecule has 2 aromatic carbocycles. The second-order valence-electron chi connectivity index (χ2n) is 8.49. The van der Waals surface area contributed by atoms with Crippen molar-refractivity contribution in [3.8, 4) is 22.8 Å². The Kier molecular flexibility index (Phi) is 8.60.